The van der Waals surface area contributed by atoms with Gasteiger partial charge in [-0.1, -0.05) is 19.1 Å². The van der Waals surface area contributed by atoms with Crippen LogP contribution in [-0.2, 0) is 9.53 Å². The minimum Gasteiger partial charge on any atom is -0.455 e. The highest BCUT2D eigenvalue weighted by Gasteiger charge is 2.69. The minimum atomic E-state index is -0.573. The van der Waals surface area contributed by atoms with Gasteiger partial charge in [-0.3, -0.25) is 0 Å². The maximum Gasteiger partial charge on any atom is 0.334 e. The Labute approximate surface area is 138 Å². The summed E-state index contributed by atoms with van der Waals surface area (Å²) >= 11 is 0. The van der Waals surface area contributed by atoms with Crippen LogP contribution in [-0.4, -0.2) is 22.8 Å². The van der Waals surface area contributed by atoms with E-state index < -0.39 is 5.60 Å². The van der Waals surface area contributed by atoms with Crippen LogP contribution in [0.3, 0.4) is 0 Å². The molecule has 7 atom stereocenters. The number of hydrogen-bond acceptors (Lipinski definition) is 3. The first-order valence-corrected chi connectivity index (χ1v) is 9.03. The van der Waals surface area contributed by atoms with E-state index in [1.807, 2.05) is 19.9 Å². The van der Waals surface area contributed by atoms with E-state index in [-0.39, 0.29) is 17.5 Å². The Morgan fingerprint density at radius 2 is 2.09 bits per heavy atom. The van der Waals surface area contributed by atoms with Crippen molar-refractivity contribution in [1.82, 2.24) is 0 Å². The Hall–Kier alpha value is -1.09. The fourth-order valence-electron chi connectivity index (χ4n) is 6.15. The fraction of sp³-hybridized carbons (Fsp3) is 0.750. The van der Waals surface area contributed by atoms with Gasteiger partial charge in [0, 0.05) is 5.57 Å². The maximum absolute atomic E-state index is 11.6. The Bertz CT molecular complexity index is 602. The summed E-state index contributed by atoms with van der Waals surface area (Å²) in [5.41, 5.74) is 1.70. The molecule has 126 valence electrons. The molecule has 0 amide bonds. The number of hydrogen-bond donors (Lipinski definition) is 1. The third-order valence-electron chi connectivity index (χ3n) is 7.39. The molecule has 0 aromatic rings. The van der Waals surface area contributed by atoms with E-state index in [4.69, 9.17) is 4.74 Å². The predicted molar refractivity (Wildman–Crippen MR) is 88.6 cm³/mol. The van der Waals surface area contributed by atoms with Crippen molar-refractivity contribution in [2.45, 2.75) is 64.6 Å². The molecule has 3 heteroatoms. The molecule has 3 saturated carbocycles. The first-order valence-electron chi connectivity index (χ1n) is 9.03. The number of carbonyl (C=O) groups excluding carboxylic acids is 1. The number of carbonyl (C=O) groups is 1. The van der Waals surface area contributed by atoms with Gasteiger partial charge in [-0.15, -0.1) is 0 Å². The molecule has 4 rings (SSSR count). The zero-order chi connectivity index (χ0) is 16.6. The lowest BCUT2D eigenvalue weighted by Gasteiger charge is -2.32. The molecule has 0 saturated heterocycles. The van der Waals surface area contributed by atoms with Crippen LogP contribution in [0.5, 0.6) is 0 Å². The van der Waals surface area contributed by atoms with Crippen LogP contribution < -0.4 is 0 Å². The highest BCUT2D eigenvalue weighted by atomic mass is 16.5. The lowest BCUT2D eigenvalue weighted by Crippen LogP contribution is -2.35. The maximum atomic E-state index is 11.6. The van der Waals surface area contributed by atoms with Gasteiger partial charge in [0.2, 0.25) is 0 Å². The molecule has 1 N–H and O–H groups in total. The van der Waals surface area contributed by atoms with Crippen molar-refractivity contribution in [1.29, 1.82) is 0 Å². The van der Waals surface area contributed by atoms with Crippen LogP contribution in [0.25, 0.3) is 0 Å². The normalized spacial score (nSPS) is 51.7. The molecule has 3 aliphatic carbocycles. The van der Waals surface area contributed by atoms with Gasteiger partial charge in [-0.05, 0) is 81.1 Å². The molecule has 1 heterocycles. The third-order valence-corrected chi connectivity index (χ3v) is 7.39. The van der Waals surface area contributed by atoms with Gasteiger partial charge in [0.15, 0.2) is 0 Å². The second-order valence-electron chi connectivity index (χ2n) is 8.86. The smallest absolute Gasteiger partial charge is 0.334 e. The van der Waals surface area contributed by atoms with Crippen molar-refractivity contribution in [3.63, 3.8) is 0 Å². The third kappa shape index (κ3) is 2.15. The quantitative estimate of drug-likeness (QED) is 0.625. The number of fused-ring (bicyclic) bond motifs is 3. The van der Waals surface area contributed by atoms with E-state index in [2.05, 4.69) is 13.5 Å². The molecule has 0 radical (unpaired) electrons. The van der Waals surface area contributed by atoms with E-state index in [0.29, 0.717) is 23.7 Å². The number of aliphatic hydroxyl groups is 1. The molecule has 0 aromatic carbocycles. The Balaban J connectivity index is 1.59. The lowest BCUT2D eigenvalue weighted by molar-refractivity contribution is -0.140. The molecule has 1 aliphatic heterocycles. The number of rotatable bonds is 2. The molecule has 0 bridgehead atoms. The van der Waals surface area contributed by atoms with Gasteiger partial charge in [0.05, 0.1) is 5.60 Å². The molecule has 3 fully saturated rings. The monoisotopic (exact) mass is 316 g/mol. The van der Waals surface area contributed by atoms with Gasteiger partial charge in [-0.25, -0.2) is 4.79 Å². The summed E-state index contributed by atoms with van der Waals surface area (Å²) in [6, 6.07) is 0. The summed E-state index contributed by atoms with van der Waals surface area (Å²) in [5.74, 6) is 1.81. The highest BCUT2D eigenvalue weighted by Crippen LogP contribution is 2.73. The Morgan fingerprint density at radius 1 is 1.35 bits per heavy atom. The largest absolute Gasteiger partial charge is 0.455 e. The number of cyclic esters (lactones) is 1. The second-order valence-corrected chi connectivity index (χ2v) is 8.86. The average Bonchev–Trinajstić information content (AvgIpc) is 2.75. The topological polar surface area (TPSA) is 46.5 Å². The molecule has 3 nitrogen and oxygen atoms in total. The molecule has 4 aliphatic rings. The van der Waals surface area contributed by atoms with Crippen LogP contribution in [0, 0.1) is 29.1 Å². The zero-order valence-corrected chi connectivity index (χ0v) is 14.5. The lowest BCUT2D eigenvalue weighted by atomic mass is 9.76. The van der Waals surface area contributed by atoms with Gasteiger partial charge in [0.1, 0.15) is 6.10 Å². The number of ether oxygens (including phenoxy) is 1. The molecular formula is C20H28O3. The highest BCUT2D eigenvalue weighted by molar-refractivity contribution is 5.90. The van der Waals surface area contributed by atoms with Crippen molar-refractivity contribution >= 4 is 5.97 Å². The minimum absolute atomic E-state index is 0.0765. The van der Waals surface area contributed by atoms with Crippen LogP contribution in [0.2, 0.25) is 0 Å². The van der Waals surface area contributed by atoms with E-state index in [1.165, 1.54) is 12.0 Å². The number of allylic oxidation sites excluding steroid dienone is 1. The summed E-state index contributed by atoms with van der Waals surface area (Å²) < 4.78 is 5.50. The second kappa shape index (κ2) is 4.72. The zero-order valence-electron chi connectivity index (χ0n) is 14.5. The molecular weight excluding hydrogens is 288 g/mol. The van der Waals surface area contributed by atoms with Crippen molar-refractivity contribution in [2.75, 3.05) is 0 Å². The average molecular weight is 316 g/mol. The molecule has 0 unspecified atom stereocenters. The fourth-order valence-corrected chi connectivity index (χ4v) is 6.15. The molecule has 0 aromatic heterocycles. The SMILES string of the molecule is C=C1CC[C@@H]2[C@H]([C@@H]3[C@H]1CC[C@]3(C)O)[C@@]2(C)C[C@H]1C=C(C)C(=O)O1. The van der Waals surface area contributed by atoms with Gasteiger partial charge >= 0.3 is 5.97 Å². The first kappa shape index (κ1) is 15.4. The van der Waals surface area contributed by atoms with E-state index in [0.717, 1.165) is 31.3 Å². The molecule has 0 spiro atoms. The summed E-state index contributed by atoms with van der Waals surface area (Å²) in [4.78, 5) is 11.6. The Kier molecular flexibility index (Phi) is 3.17. The summed E-state index contributed by atoms with van der Waals surface area (Å²) in [7, 11) is 0. The molecule has 23 heavy (non-hydrogen) atoms. The van der Waals surface area contributed by atoms with Crippen molar-refractivity contribution < 1.29 is 14.6 Å². The first-order chi connectivity index (χ1) is 10.7. The van der Waals surface area contributed by atoms with Gasteiger partial charge in [-0.2, -0.15) is 0 Å². The van der Waals surface area contributed by atoms with Crippen molar-refractivity contribution in [2.24, 2.45) is 29.1 Å². The number of esters is 1. The summed E-state index contributed by atoms with van der Waals surface area (Å²) in [5, 5.41) is 11.0. The van der Waals surface area contributed by atoms with Crippen LogP contribution in [0.15, 0.2) is 23.8 Å². The van der Waals surface area contributed by atoms with Crippen LogP contribution in [0.1, 0.15) is 52.9 Å². The van der Waals surface area contributed by atoms with Crippen molar-refractivity contribution in [3.05, 3.63) is 23.8 Å². The van der Waals surface area contributed by atoms with Gasteiger partial charge in [0.25, 0.3) is 0 Å². The van der Waals surface area contributed by atoms with Crippen LogP contribution >= 0.6 is 0 Å². The van der Waals surface area contributed by atoms with E-state index >= 15 is 0 Å². The van der Waals surface area contributed by atoms with Crippen LogP contribution in [0.4, 0.5) is 0 Å². The predicted octanol–water partition coefficient (Wildman–Crippen LogP) is 3.63. The van der Waals surface area contributed by atoms with E-state index in [1.54, 1.807) is 0 Å². The van der Waals surface area contributed by atoms with Gasteiger partial charge < -0.3 is 9.84 Å². The summed E-state index contributed by atoms with van der Waals surface area (Å²) in [6.07, 6.45) is 7.03. The standard InChI is InChI=1S/C20H28O3/c1-11-5-6-15-17(16-14(11)7-8-20(16,4)22)19(15,3)10-13-9-12(2)18(21)23-13/h9,13-17,22H,1,5-8,10H2,2-4H3/t13-,14+,15-,16+,17-,19+,20+/m1/s1. The summed E-state index contributed by atoms with van der Waals surface area (Å²) in [6.45, 7) is 10.5. The Morgan fingerprint density at radius 3 is 2.74 bits per heavy atom. The van der Waals surface area contributed by atoms with Crippen molar-refractivity contribution in [3.8, 4) is 0 Å². The van der Waals surface area contributed by atoms with E-state index in [9.17, 15) is 9.90 Å².